The van der Waals surface area contributed by atoms with E-state index in [1.54, 1.807) is 12.1 Å². The number of ether oxygens (including phenoxy) is 3. The van der Waals surface area contributed by atoms with Crippen LogP contribution in [0.5, 0.6) is 5.75 Å². The fourth-order valence-corrected chi connectivity index (χ4v) is 4.17. The molecule has 166 valence electrons. The number of methoxy groups -OCH3 is 1. The van der Waals surface area contributed by atoms with E-state index in [1.807, 2.05) is 24.0 Å². The molecule has 3 atom stereocenters. The molecule has 2 aliphatic rings. The summed E-state index contributed by atoms with van der Waals surface area (Å²) in [5, 5.41) is 0. The van der Waals surface area contributed by atoms with Gasteiger partial charge < -0.3 is 24.8 Å². The normalized spacial score (nSPS) is 24.1. The molecule has 2 N–H and O–H groups in total. The molecule has 1 aromatic rings. The molecule has 2 aliphatic heterocycles. The summed E-state index contributed by atoms with van der Waals surface area (Å²) >= 11 is 0. The minimum Gasteiger partial charge on any atom is -0.468 e. The molecule has 3 rings (SSSR count). The van der Waals surface area contributed by atoms with E-state index in [9.17, 15) is 9.59 Å². The van der Waals surface area contributed by atoms with Crippen LogP contribution in [0.1, 0.15) is 39.2 Å². The summed E-state index contributed by atoms with van der Waals surface area (Å²) in [6, 6.07) is 7.12. The van der Waals surface area contributed by atoms with Gasteiger partial charge in [-0.1, -0.05) is 12.1 Å². The number of nitrogens with zero attached hydrogens (tertiary/aromatic N) is 2. The third-order valence-electron chi connectivity index (χ3n) is 6.02. The van der Waals surface area contributed by atoms with Gasteiger partial charge in [-0.3, -0.25) is 9.69 Å². The SMILES string of the molecule is COC(=O)C(N)Cc1ccc(OC2OC(=O)N(C3CCN(C(C)C)CC3)C2C)cc1. The number of hydrogen-bond donors (Lipinski definition) is 1. The molecule has 8 heteroatoms. The topological polar surface area (TPSA) is 94.3 Å². The average molecular weight is 420 g/mol. The molecular weight excluding hydrogens is 386 g/mol. The molecule has 0 bridgehead atoms. The molecule has 30 heavy (non-hydrogen) atoms. The minimum atomic E-state index is -0.701. The molecule has 2 heterocycles. The van der Waals surface area contributed by atoms with Crippen molar-refractivity contribution in [3.8, 4) is 5.75 Å². The van der Waals surface area contributed by atoms with E-state index in [0.29, 0.717) is 18.2 Å². The standard InChI is InChI=1S/C22H33N3O5/c1-14(2)24-11-9-17(10-12-24)25-15(3)21(30-22(25)27)29-18-7-5-16(6-8-18)13-19(23)20(26)28-4/h5-8,14-15,17,19,21H,9-13,23H2,1-4H3. The highest BCUT2D eigenvalue weighted by Crippen LogP contribution is 2.29. The van der Waals surface area contributed by atoms with Crippen LogP contribution >= 0.6 is 0 Å². The van der Waals surface area contributed by atoms with Crippen molar-refractivity contribution in [2.45, 2.75) is 70.5 Å². The number of piperidine rings is 1. The van der Waals surface area contributed by atoms with E-state index >= 15 is 0 Å². The summed E-state index contributed by atoms with van der Waals surface area (Å²) in [5.41, 5.74) is 6.70. The van der Waals surface area contributed by atoms with Crippen molar-refractivity contribution in [2.75, 3.05) is 20.2 Å². The van der Waals surface area contributed by atoms with Crippen LogP contribution in [0.2, 0.25) is 0 Å². The first-order valence-electron chi connectivity index (χ1n) is 10.6. The van der Waals surface area contributed by atoms with Gasteiger partial charge in [-0.2, -0.15) is 0 Å². The van der Waals surface area contributed by atoms with E-state index < -0.39 is 18.3 Å². The van der Waals surface area contributed by atoms with E-state index in [1.165, 1.54) is 7.11 Å². The zero-order chi connectivity index (χ0) is 21.8. The molecule has 8 nitrogen and oxygen atoms in total. The van der Waals surface area contributed by atoms with Gasteiger partial charge in [-0.05, 0) is 57.7 Å². The predicted octanol–water partition coefficient (Wildman–Crippen LogP) is 2.15. The number of carbonyl (C=O) groups excluding carboxylic acids is 2. The number of amides is 1. The van der Waals surface area contributed by atoms with E-state index in [0.717, 1.165) is 31.5 Å². The molecule has 1 aromatic carbocycles. The Morgan fingerprint density at radius 3 is 2.43 bits per heavy atom. The monoisotopic (exact) mass is 419 g/mol. The minimum absolute atomic E-state index is 0.166. The zero-order valence-electron chi connectivity index (χ0n) is 18.2. The zero-order valence-corrected chi connectivity index (χ0v) is 18.2. The Morgan fingerprint density at radius 1 is 1.23 bits per heavy atom. The van der Waals surface area contributed by atoms with Gasteiger partial charge in [0, 0.05) is 25.2 Å². The molecule has 2 saturated heterocycles. The summed E-state index contributed by atoms with van der Waals surface area (Å²) < 4.78 is 16.1. The van der Waals surface area contributed by atoms with Crippen LogP contribution in [-0.4, -0.2) is 72.5 Å². The van der Waals surface area contributed by atoms with Crippen molar-refractivity contribution >= 4 is 12.1 Å². The van der Waals surface area contributed by atoms with Gasteiger partial charge in [-0.25, -0.2) is 4.79 Å². The second-order valence-electron chi connectivity index (χ2n) is 8.36. The fourth-order valence-electron chi connectivity index (χ4n) is 4.17. The Labute approximate surface area is 178 Å². The smallest absolute Gasteiger partial charge is 0.413 e. The highest BCUT2D eigenvalue weighted by atomic mass is 16.7. The van der Waals surface area contributed by atoms with Crippen LogP contribution < -0.4 is 10.5 Å². The van der Waals surface area contributed by atoms with E-state index in [4.69, 9.17) is 15.2 Å². The van der Waals surface area contributed by atoms with Gasteiger partial charge >= 0.3 is 12.1 Å². The molecule has 0 aliphatic carbocycles. The number of rotatable bonds is 7. The van der Waals surface area contributed by atoms with Gasteiger partial charge in [0.05, 0.1) is 7.11 Å². The number of likely N-dealkylation sites (tertiary alicyclic amines) is 1. The van der Waals surface area contributed by atoms with Crippen LogP contribution in [0.3, 0.4) is 0 Å². The summed E-state index contributed by atoms with van der Waals surface area (Å²) in [4.78, 5) is 28.3. The second kappa shape index (κ2) is 9.66. The maximum atomic E-state index is 12.5. The fraction of sp³-hybridized carbons (Fsp3) is 0.636. The van der Waals surface area contributed by atoms with Crippen molar-refractivity contribution in [1.29, 1.82) is 0 Å². The Balaban J connectivity index is 1.56. The summed E-state index contributed by atoms with van der Waals surface area (Å²) in [5.74, 6) is 0.160. The Kier molecular flexibility index (Phi) is 7.20. The lowest BCUT2D eigenvalue weighted by atomic mass is 10.0. The number of esters is 1. The maximum Gasteiger partial charge on any atom is 0.413 e. The lowest BCUT2D eigenvalue weighted by Crippen LogP contribution is -2.50. The quantitative estimate of drug-likeness (QED) is 0.677. The van der Waals surface area contributed by atoms with Crippen molar-refractivity contribution < 1.29 is 23.8 Å². The lowest BCUT2D eigenvalue weighted by Gasteiger charge is -2.38. The Bertz CT molecular complexity index is 731. The maximum absolute atomic E-state index is 12.5. The molecule has 1 amide bonds. The van der Waals surface area contributed by atoms with Crippen molar-refractivity contribution in [1.82, 2.24) is 9.80 Å². The van der Waals surface area contributed by atoms with Gasteiger partial charge in [0.15, 0.2) is 0 Å². The highest BCUT2D eigenvalue weighted by Gasteiger charge is 2.44. The van der Waals surface area contributed by atoms with Crippen molar-refractivity contribution in [3.05, 3.63) is 29.8 Å². The average Bonchev–Trinajstić information content (AvgIpc) is 3.01. The van der Waals surface area contributed by atoms with Gasteiger partial charge in [0.1, 0.15) is 17.8 Å². The first kappa shape index (κ1) is 22.4. The molecule has 0 aromatic heterocycles. The van der Waals surface area contributed by atoms with Crippen LogP contribution in [0.15, 0.2) is 24.3 Å². The first-order chi connectivity index (χ1) is 14.3. The Morgan fingerprint density at radius 2 is 1.87 bits per heavy atom. The van der Waals surface area contributed by atoms with E-state index in [2.05, 4.69) is 23.5 Å². The third kappa shape index (κ3) is 5.05. The summed E-state index contributed by atoms with van der Waals surface area (Å²) in [6.07, 6.45) is 1.31. The number of cyclic esters (lactones) is 1. The summed E-state index contributed by atoms with van der Waals surface area (Å²) in [7, 11) is 1.32. The molecule has 0 spiro atoms. The van der Waals surface area contributed by atoms with Gasteiger partial charge in [0.25, 0.3) is 6.29 Å². The van der Waals surface area contributed by atoms with Crippen LogP contribution in [0.25, 0.3) is 0 Å². The van der Waals surface area contributed by atoms with Crippen molar-refractivity contribution in [2.24, 2.45) is 5.73 Å². The first-order valence-corrected chi connectivity index (χ1v) is 10.6. The highest BCUT2D eigenvalue weighted by molar-refractivity contribution is 5.75. The number of carbonyl (C=O) groups is 2. The number of nitrogens with two attached hydrogens (primary N) is 1. The van der Waals surface area contributed by atoms with Gasteiger partial charge in [0.2, 0.25) is 0 Å². The summed E-state index contributed by atoms with van der Waals surface area (Å²) in [6.45, 7) is 8.34. The molecule has 2 fully saturated rings. The Hall–Kier alpha value is -2.32. The molecule has 0 radical (unpaired) electrons. The molecule has 3 unspecified atom stereocenters. The van der Waals surface area contributed by atoms with Gasteiger partial charge in [-0.15, -0.1) is 0 Å². The van der Waals surface area contributed by atoms with Crippen molar-refractivity contribution in [3.63, 3.8) is 0 Å². The largest absolute Gasteiger partial charge is 0.468 e. The lowest BCUT2D eigenvalue weighted by molar-refractivity contribution is -0.142. The van der Waals surface area contributed by atoms with Crippen LogP contribution in [-0.2, 0) is 20.7 Å². The third-order valence-corrected chi connectivity index (χ3v) is 6.02. The molecular formula is C22H33N3O5. The number of hydrogen-bond acceptors (Lipinski definition) is 7. The van der Waals surface area contributed by atoms with E-state index in [-0.39, 0.29) is 18.2 Å². The predicted molar refractivity (Wildman–Crippen MR) is 112 cm³/mol. The second-order valence-corrected chi connectivity index (χ2v) is 8.36. The van der Waals surface area contributed by atoms with Crippen LogP contribution in [0.4, 0.5) is 4.79 Å². The number of benzene rings is 1. The van der Waals surface area contributed by atoms with Crippen LogP contribution in [0, 0.1) is 0 Å². The molecule has 0 saturated carbocycles.